The molecule has 0 bridgehead atoms. The molecule has 0 spiro atoms. The quantitative estimate of drug-likeness (QED) is 0.932. The monoisotopic (exact) mass is 285 g/mol. The molecule has 0 aromatic carbocycles. The van der Waals surface area contributed by atoms with Crippen molar-refractivity contribution in [1.29, 1.82) is 0 Å². The van der Waals surface area contributed by atoms with Crippen LogP contribution in [0.3, 0.4) is 0 Å². The standard InChI is InChI=1S/C16H19N3O2/c1-10(20)17-7-4-13-15(11-2-3-11)18-19-8-5-14-12(16(13)19)6-9-21-14/h5,8,11H,2-4,6-7,9H2,1H3,(H,17,20). The first-order chi connectivity index (χ1) is 10.2. The molecule has 1 saturated carbocycles. The molecule has 1 aliphatic carbocycles. The lowest BCUT2D eigenvalue weighted by Crippen LogP contribution is -2.22. The first kappa shape index (κ1) is 12.7. The predicted octanol–water partition coefficient (Wildman–Crippen LogP) is 1.83. The number of nitrogens with one attached hydrogen (secondary N) is 1. The summed E-state index contributed by atoms with van der Waals surface area (Å²) in [6.45, 7) is 2.98. The van der Waals surface area contributed by atoms with Crippen molar-refractivity contribution in [2.45, 2.75) is 38.5 Å². The van der Waals surface area contributed by atoms with Crippen molar-refractivity contribution in [3.63, 3.8) is 0 Å². The number of carbonyl (C=O) groups is 1. The lowest BCUT2D eigenvalue weighted by molar-refractivity contribution is -0.118. The Kier molecular flexibility index (Phi) is 2.87. The number of carbonyl (C=O) groups excluding carboxylic acids is 1. The third kappa shape index (κ3) is 2.17. The molecule has 4 rings (SSSR count). The van der Waals surface area contributed by atoms with E-state index in [0.717, 1.165) is 25.2 Å². The van der Waals surface area contributed by atoms with Crippen LogP contribution in [0.1, 0.15) is 42.5 Å². The first-order valence-corrected chi connectivity index (χ1v) is 7.64. The maximum Gasteiger partial charge on any atom is 0.216 e. The average molecular weight is 285 g/mol. The van der Waals surface area contributed by atoms with Crippen LogP contribution in [0.15, 0.2) is 12.3 Å². The van der Waals surface area contributed by atoms with Crippen LogP contribution in [0, 0.1) is 0 Å². The Bertz CT molecular complexity index is 716. The lowest BCUT2D eigenvalue weighted by atomic mass is 10.0. The minimum absolute atomic E-state index is 0.0213. The highest BCUT2D eigenvalue weighted by Crippen LogP contribution is 2.43. The van der Waals surface area contributed by atoms with Gasteiger partial charge in [0, 0.05) is 43.1 Å². The van der Waals surface area contributed by atoms with Gasteiger partial charge in [0.05, 0.1) is 17.8 Å². The van der Waals surface area contributed by atoms with Gasteiger partial charge < -0.3 is 10.1 Å². The van der Waals surface area contributed by atoms with Crippen molar-refractivity contribution in [2.75, 3.05) is 13.2 Å². The highest BCUT2D eigenvalue weighted by atomic mass is 16.5. The molecule has 2 aromatic heterocycles. The molecule has 2 aromatic rings. The second-order valence-electron chi connectivity index (χ2n) is 5.92. The summed E-state index contributed by atoms with van der Waals surface area (Å²) < 4.78 is 7.68. The molecule has 0 unspecified atom stereocenters. The summed E-state index contributed by atoms with van der Waals surface area (Å²) >= 11 is 0. The number of amides is 1. The highest BCUT2D eigenvalue weighted by molar-refractivity contribution is 5.73. The van der Waals surface area contributed by atoms with Crippen molar-refractivity contribution < 1.29 is 9.53 Å². The molecule has 0 atom stereocenters. The molecule has 0 radical (unpaired) electrons. The Morgan fingerprint density at radius 2 is 2.38 bits per heavy atom. The normalized spacial score (nSPS) is 16.8. The molecule has 1 fully saturated rings. The Labute approximate surface area is 123 Å². The van der Waals surface area contributed by atoms with E-state index in [2.05, 4.69) is 5.32 Å². The van der Waals surface area contributed by atoms with Gasteiger partial charge in [-0.05, 0) is 25.3 Å². The molecular weight excluding hydrogens is 266 g/mol. The Morgan fingerprint density at radius 1 is 1.52 bits per heavy atom. The van der Waals surface area contributed by atoms with Gasteiger partial charge in [0.25, 0.3) is 0 Å². The first-order valence-electron chi connectivity index (χ1n) is 7.64. The van der Waals surface area contributed by atoms with Crippen molar-refractivity contribution >= 4 is 11.4 Å². The van der Waals surface area contributed by atoms with Crippen LogP contribution in [0.4, 0.5) is 0 Å². The van der Waals surface area contributed by atoms with Gasteiger partial charge in [-0.1, -0.05) is 0 Å². The molecule has 21 heavy (non-hydrogen) atoms. The summed E-state index contributed by atoms with van der Waals surface area (Å²) in [6.07, 6.45) is 6.24. The second kappa shape index (κ2) is 4.76. The number of nitrogens with zero attached hydrogens (tertiary/aromatic N) is 2. The zero-order valence-corrected chi connectivity index (χ0v) is 12.2. The lowest BCUT2D eigenvalue weighted by Gasteiger charge is -2.06. The zero-order chi connectivity index (χ0) is 14.4. The van der Waals surface area contributed by atoms with Crippen LogP contribution >= 0.6 is 0 Å². The molecule has 2 aliphatic rings. The number of rotatable bonds is 4. The van der Waals surface area contributed by atoms with Gasteiger partial charge in [-0.15, -0.1) is 0 Å². The van der Waals surface area contributed by atoms with E-state index in [1.54, 1.807) is 6.92 Å². The fourth-order valence-corrected chi connectivity index (χ4v) is 3.20. The summed E-state index contributed by atoms with van der Waals surface area (Å²) in [5, 5.41) is 7.69. The Morgan fingerprint density at radius 3 is 3.14 bits per heavy atom. The molecule has 1 amide bonds. The number of fused-ring (bicyclic) bond motifs is 3. The predicted molar refractivity (Wildman–Crippen MR) is 78.8 cm³/mol. The van der Waals surface area contributed by atoms with E-state index in [4.69, 9.17) is 9.84 Å². The Hall–Kier alpha value is -2.04. The summed E-state index contributed by atoms with van der Waals surface area (Å²) in [6, 6.07) is 2.01. The topological polar surface area (TPSA) is 55.6 Å². The van der Waals surface area contributed by atoms with E-state index in [1.807, 2.05) is 16.8 Å². The summed E-state index contributed by atoms with van der Waals surface area (Å²) in [7, 11) is 0. The maximum absolute atomic E-state index is 11.1. The van der Waals surface area contributed by atoms with Crippen LogP contribution < -0.4 is 10.1 Å². The van der Waals surface area contributed by atoms with Crippen LogP contribution in [-0.4, -0.2) is 28.7 Å². The van der Waals surface area contributed by atoms with Crippen molar-refractivity contribution in [2.24, 2.45) is 0 Å². The fourth-order valence-electron chi connectivity index (χ4n) is 3.20. The van der Waals surface area contributed by atoms with E-state index >= 15 is 0 Å². The van der Waals surface area contributed by atoms with Crippen LogP contribution in [0.5, 0.6) is 5.75 Å². The minimum atomic E-state index is 0.0213. The third-order valence-electron chi connectivity index (χ3n) is 4.31. The average Bonchev–Trinajstić information content (AvgIpc) is 3.07. The molecule has 3 heterocycles. The number of hydrogen-bond acceptors (Lipinski definition) is 3. The SMILES string of the molecule is CC(=O)NCCc1c(C2CC2)nn2ccc3c(c12)CCO3. The molecular formula is C16H19N3O2. The van der Waals surface area contributed by atoms with Crippen LogP contribution in [0.25, 0.3) is 5.52 Å². The van der Waals surface area contributed by atoms with E-state index in [-0.39, 0.29) is 5.91 Å². The molecule has 0 saturated heterocycles. The number of aromatic nitrogens is 2. The third-order valence-corrected chi connectivity index (χ3v) is 4.31. The van der Waals surface area contributed by atoms with Gasteiger partial charge in [0.2, 0.25) is 5.91 Å². The number of hydrogen-bond donors (Lipinski definition) is 1. The van der Waals surface area contributed by atoms with Crippen LogP contribution in [-0.2, 0) is 17.6 Å². The Balaban J connectivity index is 1.78. The van der Waals surface area contributed by atoms with Crippen LogP contribution in [0.2, 0.25) is 0 Å². The zero-order valence-electron chi connectivity index (χ0n) is 12.2. The second-order valence-corrected chi connectivity index (χ2v) is 5.92. The molecule has 5 nitrogen and oxygen atoms in total. The smallest absolute Gasteiger partial charge is 0.216 e. The van der Waals surface area contributed by atoms with E-state index in [1.165, 1.54) is 35.2 Å². The molecule has 1 aliphatic heterocycles. The number of ether oxygens (including phenoxy) is 1. The minimum Gasteiger partial charge on any atom is -0.493 e. The highest BCUT2D eigenvalue weighted by Gasteiger charge is 2.31. The van der Waals surface area contributed by atoms with Gasteiger partial charge in [-0.3, -0.25) is 4.79 Å². The molecule has 110 valence electrons. The summed E-state index contributed by atoms with van der Waals surface area (Å²) in [5.74, 6) is 1.62. The van der Waals surface area contributed by atoms with Crippen molar-refractivity contribution in [1.82, 2.24) is 14.9 Å². The van der Waals surface area contributed by atoms with E-state index in [0.29, 0.717) is 12.5 Å². The van der Waals surface area contributed by atoms with Crippen molar-refractivity contribution in [3.05, 3.63) is 29.1 Å². The fraction of sp³-hybridized carbons (Fsp3) is 0.500. The van der Waals surface area contributed by atoms with Gasteiger partial charge in [0.15, 0.2) is 0 Å². The number of pyridine rings is 1. The van der Waals surface area contributed by atoms with Gasteiger partial charge in [-0.2, -0.15) is 5.10 Å². The van der Waals surface area contributed by atoms with Gasteiger partial charge in [-0.25, -0.2) is 4.52 Å². The molecule has 1 N–H and O–H groups in total. The van der Waals surface area contributed by atoms with Crippen molar-refractivity contribution in [3.8, 4) is 5.75 Å². The molecule has 5 heteroatoms. The van der Waals surface area contributed by atoms with Gasteiger partial charge in [0.1, 0.15) is 5.75 Å². The summed E-state index contributed by atoms with van der Waals surface area (Å²) in [5.41, 5.74) is 5.00. The largest absolute Gasteiger partial charge is 0.493 e. The van der Waals surface area contributed by atoms with E-state index < -0.39 is 0 Å². The summed E-state index contributed by atoms with van der Waals surface area (Å²) in [4.78, 5) is 11.1. The van der Waals surface area contributed by atoms with Gasteiger partial charge >= 0.3 is 0 Å². The maximum atomic E-state index is 11.1. The van der Waals surface area contributed by atoms with E-state index in [9.17, 15) is 4.79 Å².